The van der Waals surface area contributed by atoms with E-state index in [9.17, 15) is 0 Å². The van der Waals surface area contributed by atoms with Crippen molar-refractivity contribution in [1.82, 2.24) is 0 Å². The first-order chi connectivity index (χ1) is 5.29. The van der Waals surface area contributed by atoms with Gasteiger partial charge in [-0.15, -0.1) is 0 Å². The van der Waals surface area contributed by atoms with Crippen LogP contribution in [0.3, 0.4) is 0 Å². The van der Waals surface area contributed by atoms with Crippen LogP contribution in [-0.4, -0.2) is 13.3 Å². The maximum Gasteiger partial charge on any atom is 0.140 e. The van der Waals surface area contributed by atoms with E-state index < -0.39 is 0 Å². The molecule has 1 unspecified atom stereocenters. The van der Waals surface area contributed by atoms with E-state index in [1.165, 1.54) is 0 Å². The minimum atomic E-state index is 0.453. The van der Waals surface area contributed by atoms with Gasteiger partial charge in [0.15, 0.2) is 0 Å². The Morgan fingerprint density at radius 1 is 1.73 bits per heavy atom. The molecule has 2 heteroatoms. The van der Waals surface area contributed by atoms with E-state index in [4.69, 9.17) is 4.74 Å². The lowest BCUT2D eigenvalue weighted by molar-refractivity contribution is 0.180. The Kier molecular flexibility index (Phi) is 2.47. The van der Waals surface area contributed by atoms with Crippen molar-refractivity contribution in [2.24, 2.45) is 10.9 Å². The summed E-state index contributed by atoms with van der Waals surface area (Å²) in [5, 5.41) is 0. The predicted octanol–water partition coefficient (Wildman–Crippen LogP) is 2.14. The molecule has 0 aliphatic carbocycles. The van der Waals surface area contributed by atoms with Crippen molar-refractivity contribution in [3.63, 3.8) is 0 Å². The number of hydrogen-bond donors (Lipinski definition) is 0. The molecule has 0 aromatic heterocycles. The molecule has 1 atom stereocenters. The number of allylic oxidation sites excluding steroid dienone is 2. The summed E-state index contributed by atoms with van der Waals surface area (Å²) in [7, 11) is 0. The van der Waals surface area contributed by atoms with Crippen LogP contribution in [0.5, 0.6) is 0 Å². The summed E-state index contributed by atoms with van der Waals surface area (Å²) < 4.78 is 5.33. The molecule has 0 aromatic rings. The Morgan fingerprint density at radius 2 is 2.45 bits per heavy atom. The molecule has 0 saturated carbocycles. The third-order valence-electron chi connectivity index (χ3n) is 1.88. The maximum absolute atomic E-state index is 5.33. The summed E-state index contributed by atoms with van der Waals surface area (Å²) in [5.74, 6) is 1.24. The maximum atomic E-state index is 5.33. The fraction of sp³-hybridized carbons (Fsp3) is 0.444. The van der Waals surface area contributed by atoms with Crippen molar-refractivity contribution in [2.75, 3.05) is 6.61 Å². The van der Waals surface area contributed by atoms with E-state index in [2.05, 4.69) is 25.2 Å². The highest BCUT2D eigenvalue weighted by Crippen LogP contribution is 2.25. The summed E-state index contributed by atoms with van der Waals surface area (Å²) >= 11 is 0. The molecule has 0 aromatic carbocycles. The standard InChI is InChI=1S/C9H13NO/c1-4-8-9(10-3)7(2)5-6-11-8/h4,7H,1,3,5-6H2,2H3. The van der Waals surface area contributed by atoms with Crippen LogP contribution in [0.1, 0.15) is 13.3 Å². The highest BCUT2D eigenvalue weighted by atomic mass is 16.5. The van der Waals surface area contributed by atoms with E-state index >= 15 is 0 Å². The van der Waals surface area contributed by atoms with Crippen LogP contribution in [0.2, 0.25) is 0 Å². The first kappa shape index (κ1) is 8.05. The van der Waals surface area contributed by atoms with Crippen molar-refractivity contribution in [1.29, 1.82) is 0 Å². The number of ether oxygens (including phenoxy) is 1. The lowest BCUT2D eigenvalue weighted by atomic mass is 10.0. The normalized spacial score (nSPS) is 24.3. The number of nitrogens with zero attached hydrogens (tertiary/aromatic N) is 1. The second kappa shape index (κ2) is 3.37. The van der Waals surface area contributed by atoms with E-state index in [1.807, 2.05) is 0 Å². The van der Waals surface area contributed by atoms with Crippen LogP contribution < -0.4 is 0 Å². The molecule has 11 heavy (non-hydrogen) atoms. The van der Waals surface area contributed by atoms with Crippen LogP contribution in [0.4, 0.5) is 0 Å². The zero-order valence-corrected chi connectivity index (χ0v) is 6.84. The molecule has 0 N–H and O–H groups in total. The average molecular weight is 151 g/mol. The summed E-state index contributed by atoms with van der Waals surface area (Å²) in [6.07, 6.45) is 2.71. The SMILES string of the molecule is C=CC1=C(N=C)C(C)CCO1. The van der Waals surface area contributed by atoms with Crippen LogP contribution in [0, 0.1) is 5.92 Å². The van der Waals surface area contributed by atoms with Crippen LogP contribution in [0.15, 0.2) is 29.1 Å². The van der Waals surface area contributed by atoms with Gasteiger partial charge in [0.1, 0.15) is 5.76 Å². The quantitative estimate of drug-likeness (QED) is 0.554. The third kappa shape index (κ3) is 1.50. The van der Waals surface area contributed by atoms with E-state index in [0.717, 1.165) is 24.5 Å². The first-order valence-corrected chi connectivity index (χ1v) is 3.75. The second-order valence-corrected chi connectivity index (χ2v) is 2.65. The largest absolute Gasteiger partial charge is 0.492 e. The molecule has 1 rings (SSSR count). The molecule has 2 nitrogen and oxygen atoms in total. The van der Waals surface area contributed by atoms with Gasteiger partial charge in [-0.05, 0) is 19.2 Å². The second-order valence-electron chi connectivity index (χ2n) is 2.65. The van der Waals surface area contributed by atoms with Gasteiger partial charge in [-0.1, -0.05) is 13.5 Å². The molecule has 0 fully saturated rings. The van der Waals surface area contributed by atoms with Crippen molar-refractivity contribution in [3.05, 3.63) is 24.1 Å². The third-order valence-corrected chi connectivity index (χ3v) is 1.88. The van der Waals surface area contributed by atoms with Gasteiger partial charge < -0.3 is 4.74 Å². The Hall–Kier alpha value is -1.05. The Bertz CT molecular complexity index is 206. The molecule has 0 amide bonds. The lowest BCUT2D eigenvalue weighted by Gasteiger charge is -2.21. The number of aliphatic imine (C=N–C) groups is 1. The van der Waals surface area contributed by atoms with Gasteiger partial charge >= 0.3 is 0 Å². The Morgan fingerprint density at radius 3 is 2.91 bits per heavy atom. The molecule has 1 aliphatic heterocycles. The van der Waals surface area contributed by atoms with Crippen molar-refractivity contribution in [3.8, 4) is 0 Å². The van der Waals surface area contributed by atoms with Crippen molar-refractivity contribution in [2.45, 2.75) is 13.3 Å². The highest BCUT2D eigenvalue weighted by molar-refractivity contribution is 5.33. The van der Waals surface area contributed by atoms with Crippen LogP contribution >= 0.6 is 0 Å². The zero-order chi connectivity index (χ0) is 8.27. The number of rotatable bonds is 2. The fourth-order valence-corrected chi connectivity index (χ4v) is 1.20. The molecular weight excluding hydrogens is 138 g/mol. The molecule has 0 spiro atoms. The predicted molar refractivity (Wildman–Crippen MR) is 46.5 cm³/mol. The summed E-state index contributed by atoms with van der Waals surface area (Å²) in [6, 6.07) is 0. The number of hydrogen-bond acceptors (Lipinski definition) is 2. The Balaban J connectivity index is 2.94. The molecule has 60 valence electrons. The van der Waals surface area contributed by atoms with Gasteiger partial charge in [0.25, 0.3) is 0 Å². The zero-order valence-electron chi connectivity index (χ0n) is 6.84. The average Bonchev–Trinajstić information content (AvgIpc) is 2.04. The van der Waals surface area contributed by atoms with Crippen molar-refractivity contribution < 1.29 is 4.74 Å². The monoisotopic (exact) mass is 151 g/mol. The van der Waals surface area contributed by atoms with E-state index in [1.54, 1.807) is 6.08 Å². The molecule has 1 aliphatic rings. The van der Waals surface area contributed by atoms with Gasteiger partial charge in [-0.2, -0.15) is 0 Å². The van der Waals surface area contributed by atoms with Crippen molar-refractivity contribution >= 4 is 6.72 Å². The van der Waals surface area contributed by atoms with Gasteiger partial charge in [0.2, 0.25) is 0 Å². The van der Waals surface area contributed by atoms with E-state index in [0.29, 0.717) is 5.92 Å². The first-order valence-electron chi connectivity index (χ1n) is 3.75. The summed E-state index contributed by atoms with van der Waals surface area (Å²) in [5.41, 5.74) is 0.936. The Labute approximate surface area is 67.3 Å². The van der Waals surface area contributed by atoms with Crippen LogP contribution in [0.25, 0.3) is 0 Å². The van der Waals surface area contributed by atoms with Gasteiger partial charge in [0.05, 0.1) is 12.3 Å². The molecule has 0 radical (unpaired) electrons. The lowest BCUT2D eigenvalue weighted by Crippen LogP contribution is -2.12. The van der Waals surface area contributed by atoms with Gasteiger partial charge in [-0.25, -0.2) is 0 Å². The molecule has 1 heterocycles. The smallest absolute Gasteiger partial charge is 0.140 e. The fourth-order valence-electron chi connectivity index (χ4n) is 1.20. The minimum Gasteiger partial charge on any atom is -0.492 e. The molecular formula is C9H13NO. The minimum absolute atomic E-state index is 0.453. The van der Waals surface area contributed by atoms with E-state index in [-0.39, 0.29) is 0 Å². The van der Waals surface area contributed by atoms with Gasteiger partial charge in [0, 0.05) is 5.92 Å². The molecule has 0 saturated heterocycles. The highest BCUT2D eigenvalue weighted by Gasteiger charge is 2.17. The van der Waals surface area contributed by atoms with Crippen LogP contribution in [-0.2, 0) is 4.74 Å². The van der Waals surface area contributed by atoms with Gasteiger partial charge in [-0.3, -0.25) is 4.99 Å². The topological polar surface area (TPSA) is 21.6 Å². The summed E-state index contributed by atoms with van der Waals surface area (Å²) in [4.78, 5) is 3.91. The molecule has 0 bridgehead atoms. The summed E-state index contributed by atoms with van der Waals surface area (Å²) in [6.45, 7) is 10.0.